The molecular formula is C14H22Cl2O2. The van der Waals surface area contributed by atoms with Gasteiger partial charge in [0.05, 0.1) is 5.41 Å². The number of rotatable bonds is 2. The molecule has 0 aliphatic heterocycles. The number of halogens is 2. The molecule has 0 heterocycles. The van der Waals surface area contributed by atoms with Crippen molar-refractivity contribution in [2.75, 3.05) is 0 Å². The van der Waals surface area contributed by atoms with Crippen LogP contribution in [0.25, 0.3) is 0 Å². The highest BCUT2D eigenvalue weighted by atomic mass is 35.5. The molecular weight excluding hydrogens is 271 g/mol. The Balaban J connectivity index is 3.09. The van der Waals surface area contributed by atoms with E-state index in [1.807, 2.05) is 48.5 Å². The molecule has 0 amide bonds. The summed E-state index contributed by atoms with van der Waals surface area (Å²) < 4.78 is 5.72. The molecule has 4 heteroatoms. The maximum atomic E-state index is 12.4. The topological polar surface area (TPSA) is 26.3 Å². The number of esters is 1. The Morgan fingerprint density at radius 1 is 1.11 bits per heavy atom. The van der Waals surface area contributed by atoms with E-state index in [1.165, 1.54) is 0 Å². The molecule has 0 aromatic heterocycles. The molecule has 0 unspecified atom stereocenters. The molecule has 0 spiro atoms. The van der Waals surface area contributed by atoms with E-state index < -0.39 is 11.0 Å². The van der Waals surface area contributed by atoms with Crippen molar-refractivity contribution < 1.29 is 9.53 Å². The highest BCUT2D eigenvalue weighted by molar-refractivity contribution is 6.55. The summed E-state index contributed by atoms with van der Waals surface area (Å²) in [4.78, 5) is 12.4. The van der Waals surface area contributed by atoms with Crippen LogP contribution in [0.5, 0.6) is 0 Å². The van der Waals surface area contributed by atoms with E-state index in [-0.39, 0.29) is 21.3 Å². The number of carbonyl (C=O) groups is 1. The minimum atomic E-state index is -0.609. The molecule has 1 aliphatic rings. The lowest BCUT2D eigenvalue weighted by Gasteiger charge is -2.24. The van der Waals surface area contributed by atoms with Gasteiger partial charge in [-0.1, -0.05) is 44.0 Å². The van der Waals surface area contributed by atoms with E-state index in [4.69, 9.17) is 27.9 Å². The summed E-state index contributed by atoms with van der Waals surface area (Å²) in [6.07, 6.45) is 1.75. The summed E-state index contributed by atoms with van der Waals surface area (Å²) in [7, 11) is 0. The summed E-state index contributed by atoms with van der Waals surface area (Å²) >= 11 is 11.5. The number of hydrogen-bond acceptors (Lipinski definition) is 2. The SMILES string of the molecule is CC(C)(C)OC(=O)[C@]1(C)C(C)(C)[C@@]1(C)C=C(Cl)Cl. The third-order valence-corrected chi connectivity index (χ3v) is 4.95. The van der Waals surface area contributed by atoms with Gasteiger partial charge in [-0.2, -0.15) is 0 Å². The average Bonchev–Trinajstić information content (AvgIpc) is 2.42. The first-order valence-corrected chi connectivity index (χ1v) is 6.82. The molecule has 1 fully saturated rings. The van der Waals surface area contributed by atoms with Crippen LogP contribution < -0.4 is 0 Å². The fourth-order valence-electron chi connectivity index (χ4n) is 2.77. The van der Waals surface area contributed by atoms with Gasteiger partial charge < -0.3 is 4.74 Å². The van der Waals surface area contributed by atoms with Crippen LogP contribution in [0, 0.1) is 16.2 Å². The molecule has 0 bridgehead atoms. The molecule has 0 saturated heterocycles. The number of hydrogen-bond donors (Lipinski definition) is 0. The van der Waals surface area contributed by atoms with E-state index in [2.05, 4.69) is 0 Å². The standard InChI is InChI=1S/C14H22Cl2O2/c1-11(2,3)18-10(17)14(7)12(4,5)13(14,6)8-9(15)16/h8H,1-7H3/t13-,14-/m1/s1. The normalized spacial score (nSPS) is 33.8. The van der Waals surface area contributed by atoms with E-state index in [9.17, 15) is 4.79 Å². The lowest BCUT2D eigenvalue weighted by molar-refractivity contribution is -0.163. The van der Waals surface area contributed by atoms with Crippen LogP contribution in [0.2, 0.25) is 0 Å². The highest BCUT2D eigenvalue weighted by Gasteiger charge is 2.80. The first kappa shape index (κ1) is 15.8. The van der Waals surface area contributed by atoms with E-state index >= 15 is 0 Å². The minimum absolute atomic E-state index is 0.192. The molecule has 2 atom stereocenters. The Bertz CT molecular complexity index is 403. The molecule has 0 aromatic rings. The average molecular weight is 293 g/mol. The van der Waals surface area contributed by atoms with Gasteiger partial charge >= 0.3 is 5.97 Å². The van der Waals surface area contributed by atoms with Gasteiger partial charge in [-0.15, -0.1) is 0 Å². The van der Waals surface area contributed by atoms with Gasteiger partial charge in [0.1, 0.15) is 10.1 Å². The lowest BCUT2D eigenvalue weighted by Crippen LogP contribution is -2.31. The van der Waals surface area contributed by atoms with Crippen molar-refractivity contribution >= 4 is 29.2 Å². The van der Waals surface area contributed by atoms with Crippen LogP contribution in [0.1, 0.15) is 48.5 Å². The molecule has 1 rings (SSSR count). The van der Waals surface area contributed by atoms with Crippen LogP contribution in [-0.4, -0.2) is 11.6 Å². The zero-order valence-electron chi connectivity index (χ0n) is 12.1. The first-order chi connectivity index (χ1) is 7.79. The maximum Gasteiger partial charge on any atom is 0.313 e. The van der Waals surface area contributed by atoms with Crippen molar-refractivity contribution in [2.24, 2.45) is 16.2 Å². The smallest absolute Gasteiger partial charge is 0.313 e. The Morgan fingerprint density at radius 3 is 1.89 bits per heavy atom. The van der Waals surface area contributed by atoms with Crippen LogP contribution >= 0.6 is 23.2 Å². The fraction of sp³-hybridized carbons (Fsp3) is 0.786. The third-order valence-electron chi connectivity index (χ3n) is 4.73. The Morgan fingerprint density at radius 2 is 1.56 bits per heavy atom. The van der Waals surface area contributed by atoms with Crippen molar-refractivity contribution in [3.8, 4) is 0 Å². The van der Waals surface area contributed by atoms with Crippen LogP contribution in [0.4, 0.5) is 0 Å². The van der Waals surface area contributed by atoms with Gasteiger partial charge in [0.25, 0.3) is 0 Å². The largest absolute Gasteiger partial charge is 0.460 e. The highest BCUT2D eigenvalue weighted by Crippen LogP contribution is 2.79. The number of carbonyl (C=O) groups excluding carboxylic acids is 1. The summed E-state index contributed by atoms with van der Waals surface area (Å²) in [6.45, 7) is 13.6. The number of ether oxygens (including phenoxy) is 1. The van der Waals surface area contributed by atoms with E-state index in [0.717, 1.165) is 0 Å². The van der Waals surface area contributed by atoms with Gasteiger partial charge in [-0.25, -0.2) is 0 Å². The van der Waals surface area contributed by atoms with Crippen molar-refractivity contribution in [1.29, 1.82) is 0 Å². The second-order valence-corrected chi connectivity index (χ2v) is 7.90. The molecule has 104 valence electrons. The lowest BCUT2D eigenvalue weighted by atomic mass is 9.96. The van der Waals surface area contributed by atoms with E-state index in [1.54, 1.807) is 6.08 Å². The Hall–Kier alpha value is -0.210. The van der Waals surface area contributed by atoms with Gasteiger partial charge in [-0.05, 0) is 39.2 Å². The zero-order chi connectivity index (χ0) is 14.6. The van der Waals surface area contributed by atoms with Crippen molar-refractivity contribution in [3.63, 3.8) is 0 Å². The van der Waals surface area contributed by atoms with Crippen molar-refractivity contribution in [3.05, 3.63) is 10.6 Å². The second kappa shape index (κ2) is 4.14. The first-order valence-electron chi connectivity index (χ1n) is 6.07. The second-order valence-electron chi connectivity index (χ2n) is 6.89. The quantitative estimate of drug-likeness (QED) is 0.690. The fourth-order valence-corrected chi connectivity index (χ4v) is 3.21. The Labute approximate surface area is 120 Å². The zero-order valence-corrected chi connectivity index (χ0v) is 13.7. The molecule has 1 aliphatic carbocycles. The van der Waals surface area contributed by atoms with Crippen LogP contribution in [0.15, 0.2) is 10.6 Å². The Kier molecular flexibility index (Phi) is 3.65. The molecule has 0 N–H and O–H groups in total. The maximum absolute atomic E-state index is 12.4. The summed E-state index contributed by atoms with van der Waals surface area (Å²) in [5, 5.41) is 0. The van der Waals surface area contributed by atoms with Gasteiger partial charge in [0.2, 0.25) is 0 Å². The van der Waals surface area contributed by atoms with Gasteiger partial charge in [-0.3, -0.25) is 4.79 Å². The molecule has 0 aromatic carbocycles. The molecule has 2 nitrogen and oxygen atoms in total. The summed E-state index contributed by atoms with van der Waals surface area (Å²) in [5.41, 5.74) is -1.73. The monoisotopic (exact) mass is 292 g/mol. The predicted molar refractivity (Wildman–Crippen MR) is 75.6 cm³/mol. The predicted octanol–water partition coefficient (Wildman–Crippen LogP) is 4.70. The van der Waals surface area contributed by atoms with Crippen LogP contribution in [-0.2, 0) is 9.53 Å². The summed E-state index contributed by atoms with van der Waals surface area (Å²) in [5.74, 6) is -0.201. The van der Waals surface area contributed by atoms with Crippen molar-refractivity contribution in [2.45, 2.75) is 54.1 Å². The van der Waals surface area contributed by atoms with Gasteiger partial charge in [0, 0.05) is 5.41 Å². The summed E-state index contributed by atoms with van der Waals surface area (Å²) in [6, 6.07) is 0. The van der Waals surface area contributed by atoms with Crippen LogP contribution in [0.3, 0.4) is 0 Å². The number of allylic oxidation sites excluding steroid dienone is 1. The molecule has 18 heavy (non-hydrogen) atoms. The third kappa shape index (κ3) is 2.08. The van der Waals surface area contributed by atoms with E-state index in [0.29, 0.717) is 0 Å². The molecule has 0 radical (unpaired) electrons. The van der Waals surface area contributed by atoms with Gasteiger partial charge in [0.15, 0.2) is 0 Å². The molecule has 1 saturated carbocycles. The minimum Gasteiger partial charge on any atom is -0.460 e. The van der Waals surface area contributed by atoms with Crippen molar-refractivity contribution in [1.82, 2.24) is 0 Å².